The Hall–Kier alpha value is -1.55. The number of aryl methyl sites for hydroxylation is 3. The number of nitrogens with zero attached hydrogens (tertiary/aromatic N) is 1. The normalized spacial score (nSPS) is 15.2. The molecule has 1 aliphatic rings. The molecule has 1 amide bonds. The molecule has 1 heterocycles. The number of hydrogen-bond acceptors (Lipinski definition) is 3. The van der Waals surface area contributed by atoms with Crippen LogP contribution in [0.1, 0.15) is 23.1 Å². The number of hydrogen-bond donors (Lipinski definition) is 1. The van der Waals surface area contributed by atoms with Crippen molar-refractivity contribution in [3.63, 3.8) is 0 Å². The average Bonchev–Trinajstić information content (AvgIpc) is 2.48. The second-order valence-corrected chi connectivity index (χ2v) is 5.38. The molecule has 1 saturated heterocycles. The van der Waals surface area contributed by atoms with Gasteiger partial charge in [-0.3, -0.25) is 4.79 Å². The molecule has 0 bridgehead atoms. The standard InChI is InChI=1S/C16H24N2O2/c1-12-10-14(15(20-3)11-13(12)2)4-5-16(19)18-8-6-17-7-9-18/h10-11,17H,4-9H2,1-3H3. The summed E-state index contributed by atoms with van der Waals surface area (Å²) in [6, 6.07) is 4.19. The lowest BCUT2D eigenvalue weighted by Crippen LogP contribution is -2.46. The first-order chi connectivity index (χ1) is 9.61. The van der Waals surface area contributed by atoms with Gasteiger partial charge in [-0.2, -0.15) is 0 Å². The first-order valence-electron chi connectivity index (χ1n) is 7.24. The predicted octanol–water partition coefficient (Wildman–Crippen LogP) is 1.68. The highest BCUT2D eigenvalue weighted by atomic mass is 16.5. The third kappa shape index (κ3) is 3.51. The van der Waals surface area contributed by atoms with E-state index in [2.05, 4.69) is 31.3 Å². The van der Waals surface area contributed by atoms with E-state index in [4.69, 9.17) is 4.74 Å². The number of piperazine rings is 1. The summed E-state index contributed by atoms with van der Waals surface area (Å²) in [5, 5.41) is 3.26. The van der Waals surface area contributed by atoms with Gasteiger partial charge in [0.05, 0.1) is 7.11 Å². The zero-order chi connectivity index (χ0) is 14.5. The summed E-state index contributed by atoms with van der Waals surface area (Å²) < 4.78 is 5.42. The monoisotopic (exact) mass is 276 g/mol. The molecule has 4 heteroatoms. The number of carbonyl (C=O) groups is 1. The Morgan fingerprint density at radius 2 is 1.90 bits per heavy atom. The fraction of sp³-hybridized carbons (Fsp3) is 0.562. The molecule has 0 aromatic heterocycles. The Balaban J connectivity index is 1.99. The summed E-state index contributed by atoms with van der Waals surface area (Å²) in [7, 11) is 1.69. The minimum absolute atomic E-state index is 0.242. The third-order valence-corrected chi connectivity index (χ3v) is 3.97. The molecule has 1 aromatic rings. The first kappa shape index (κ1) is 14.9. The summed E-state index contributed by atoms with van der Waals surface area (Å²) in [6.07, 6.45) is 1.30. The lowest BCUT2D eigenvalue weighted by molar-refractivity contribution is -0.131. The van der Waals surface area contributed by atoms with Crippen LogP contribution < -0.4 is 10.1 Å². The SMILES string of the molecule is COc1cc(C)c(C)cc1CCC(=O)N1CCNCC1. The number of carbonyl (C=O) groups excluding carboxylic acids is 1. The van der Waals surface area contributed by atoms with E-state index in [-0.39, 0.29) is 5.91 Å². The Morgan fingerprint density at radius 1 is 1.25 bits per heavy atom. The van der Waals surface area contributed by atoms with Crippen LogP contribution in [0.4, 0.5) is 0 Å². The molecule has 1 fully saturated rings. The van der Waals surface area contributed by atoms with Crippen molar-refractivity contribution < 1.29 is 9.53 Å². The minimum atomic E-state index is 0.242. The topological polar surface area (TPSA) is 41.6 Å². The highest BCUT2D eigenvalue weighted by molar-refractivity contribution is 5.76. The first-order valence-corrected chi connectivity index (χ1v) is 7.24. The Morgan fingerprint density at radius 3 is 2.55 bits per heavy atom. The fourth-order valence-electron chi connectivity index (χ4n) is 2.55. The van der Waals surface area contributed by atoms with Gasteiger partial charge in [0.1, 0.15) is 5.75 Å². The summed E-state index contributed by atoms with van der Waals surface area (Å²) >= 11 is 0. The van der Waals surface area contributed by atoms with Gasteiger partial charge in [-0.25, -0.2) is 0 Å². The second-order valence-electron chi connectivity index (χ2n) is 5.38. The molecule has 1 N–H and O–H groups in total. The van der Waals surface area contributed by atoms with Gasteiger partial charge >= 0.3 is 0 Å². The quantitative estimate of drug-likeness (QED) is 0.909. The number of benzene rings is 1. The Kier molecular flexibility index (Phi) is 5.01. The van der Waals surface area contributed by atoms with Crippen molar-refractivity contribution in [3.8, 4) is 5.75 Å². The molecule has 2 rings (SSSR count). The van der Waals surface area contributed by atoms with Crippen LogP contribution in [0, 0.1) is 13.8 Å². The maximum atomic E-state index is 12.2. The highest BCUT2D eigenvalue weighted by Crippen LogP contribution is 2.24. The maximum Gasteiger partial charge on any atom is 0.222 e. The number of ether oxygens (including phenoxy) is 1. The molecule has 0 spiro atoms. The lowest BCUT2D eigenvalue weighted by atomic mass is 10.0. The van der Waals surface area contributed by atoms with E-state index in [1.165, 1.54) is 11.1 Å². The van der Waals surface area contributed by atoms with Crippen molar-refractivity contribution in [3.05, 3.63) is 28.8 Å². The highest BCUT2D eigenvalue weighted by Gasteiger charge is 2.16. The Labute approximate surface area is 121 Å². The van der Waals surface area contributed by atoms with Crippen LogP contribution in [0.2, 0.25) is 0 Å². The number of methoxy groups -OCH3 is 1. The molecule has 4 nitrogen and oxygen atoms in total. The smallest absolute Gasteiger partial charge is 0.222 e. The molecule has 0 radical (unpaired) electrons. The zero-order valence-corrected chi connectivity index (χ0v) is 12.7. The van der Waals surface area contributed by atoms with E-state index in [9.17, 15) is 4.79 Å². The van der Waals surface area contributed by atoms with Gasteiger partial charge in [-0.05, 0) is 43.0 Å². The van der Waals surface area contributed by atoms with Gasteiger partial charge in [0.15, 0.2) is 0 Å². The third-order valence-electron chi connectivity index (χ3n) is 3.97. The van der Waals surface area contributed by atoms with Gasteiger partial charge in [-0.15, -0.1) is 0 Å². The van der Waals surface area contributed by atoms with E-state index in [0.29, 0.717) is 6.42 Å². The van der Waals surface area contributed by atoms with Gasteiger partial charge < -0.3 is 15.0 Å². The molecule has 0 saturated carbocycles. The van der Waals surface area contributed by atoms with Crippen molar-refractivity contribution in [1.29, 1.82) is 0 Å². The van der Waals surface area contributed by atoms with Crippen LogP contribution in [-0.4, -0.2) is 44.1 Å². The second kappa shape index (κ2) is 6.75. The maximum absolute atomic E-state index is 12.2. The average molecular weight is 276 g/mol. The van der Waals surface area contributed by atoms with Gasteiger partial charge in [0, 0.05) is 32.6 Å². The van der Waals surface area contributed by atoms with E-state index in [1.54, 1.807) is 7.11 Å². The van der Waals surface area contributed by atoms with Gasteiger partial charge in [0.25, 0.3) is 0 Å². The number of nitrogens with one attached hydrogen (secondary N) is 1. The van der Waals surface area contributed by atoms with E-state index >= 15 is 0 Å². The molecular weight excluding hydrogens is 252 g/mol. The largest absolute Gasteiger partial charge is 0.496 e. The molecular formula is C16H24N2O2. The minimum Gasteiger partial charge on any atom is -0.496 e. The fourth-order valence-corrected chi connectivity index (χ4v) is 2.55. The Bertz CT molecular complexity index is 480. The summed E-state index contributed by atoms with van der Waals surface area (Å²) in [4.78, 5) is 14.1. The molecule has 0 atom stereocenters. The summed E-state index contributed by atoms with van der Waals surface area (Å²) in [6.45, 7) is 7.62. The molecule has 110 valence electrons. The van der Waals surface area contributed by atoms with Crippen molar-refractivity contribution in [2.75, 3.05) is 33.3 Å². The number of rotatable bonds is 4. The van der Waals surface area contributed by atoms with E-state index < -0.39 is 0 Å². The predicted molar refractivity (Wildman–Crippen MR) is 80.2 cm³/mol. The van der Waals surface area contributed by atoms with Crippen LogP contribution in [-0.2, 0) is 11.2 Å². The van der Waals surface area contributed by atoms with E-state index in [0.717, 1.165) is 43.9 Å². The van der Waals surface area contributed by atoms with Crippen LogP contribution in [0.3, 0.4) is 0 Å². The molecule has 1 aliphatic heterocycles. The summed E-state index contributed by atoms with van der Waals surface area (Å²) in [5.74, 6) is 1.13. The van der Waals surface area contributed by atoms with Crippen molar-refractivity contribution in [1.82, 2.24) is 10.2 Å². The van der Waals surface area contributed by atoms with Gasteiger partial charge in [-0.1, -0.05) is 6.07 Å². The van der Waals surface area contributed by atoms with Crippen molar-refractivity contribution in [2.24, 2.45) is 0 Å². The van der Waals surface area contributed by atoms with Crippen LogP contribution in [0.5, 0.6) is 5.75 Å². The van der Waals surface area contributed by atoms with Crippen LogP contribution >= 0.6 is 0 Å². The molecule has 0 aliphatic carbocycles. The van der Waals surface area contributed by atoms with Crippen LogP contribution in [0.15, 0.2) is 12.1 Å². The molecule has 1 aromatic carbocycles. The lowest BCUT2D eigenvalue weighted by Gasteiger charge is -2.27. The van der Waals surface area contributed by atoms with Crippen molar-refractivity contribution in [2.45, 2.75) is 26.7 Å². The zero-order valence-electron chi connectivity index (χ0n) is 12.7. The van der Waals surface area contributed by atoms with Gasteiger partial charge in [0.2, 0.25) is 5.91 Å². The van der Waals surface area contributed by atoms with Crippen molar-refractivity contribution >= 4 is 5.91 Å². The van der Waals surface area contributed by atoms with Crippen LogP contribution in [0.25, 0.3) is 0 Å². The molecule has 20 heavy (non-hydrogen) atoms. The summed E-state index contributed by atoms with van der Waals surface area (Å²) in [5.41, 5.74) is 3.59. The molecule has 0 unspecified atom stereocenters. The van der Waals surface area contributed by atoms with E-state index in [1.807, 2.05) is 4.90 Å². The number of amides is 1.